The smallest absolute Gasteiger partial charge is 0.120 e. The molecule has 4 nitrogen and oxygen atoms in total. The zero-order valence-corrected chi connectivity index (χ0v) is 19.5. The Balaban J connectivity index is 0.00000272. The number of aromatic hydroxyl groups is 1. The summed E-state index contributed by atoms with van der Waals surface area (Å²) in [5.74, 6) is 0.319. The summed E-state index contributed by atoms with van der Waals surface area (Å²) in [7, 11) is 0. The van der Waals surface area contributed by atoms with E-state index in [-0.39, 0.29) is 12.4 Å². The van der Waals surface area contributed by atoms with Crippen LogP contribution >= 0.6 is 24.0 Å². The molecule has 6 heteroatoms. The van der Waals surface area contributed by atoms with E-state index in [1.807, 2.05) is 30.3 Å². The van der Waals surface area contributed by atoms with Gasteiger partial charge in [-0.3, -0.25) is 4.90 Å². The largest absolute Gasteiger partial charge is 0.508 e. The van der Waals surface area contributed by atoms with Crippen molar-refractivity contribution in [3.05, 3.63) is 70.7 Å². The molecule has 0 amide bonds. The maximum Gasteiger partial charge on any atom is 0.120 e. The van der Waals surface area contributed by atoms with Crippen LogP contribution in [0.3, 0.4) is 0 Å². The lowest BCUT2D eigenvalue weighted by Gasteiger charge is -2.20. The van der Waals surface area contributed by atoms with E-state index >= 15 is 0 Å². The molecule has 1 aromatic heterocycles. The second-order valence-corrected chi connectivity index (χ2v) is 7.99. The molecule has 3 aromatic carbocycles. The van der Waals surface area contributed by atoms with Crippen molar-refractivity contribution in [1.29, 1.82) is 0 Å². The highest BCUT2D eigenvalue weighted by molar-refractivity contribution is 6.31. The number of phenols is 1. The summed E-state index contributed by atoms with van der Waals surface area (Å²) in [5.41, 5.74) is 5.76. The van der Waals surface area contributed by atoms with Crippen molar-refractivity contribution in [3.63, 3.8) is 0 Å². The quantitative estimate of drug-likeness (QED) is 0.241. The van der Waals surface area contributed by atoms with Crippen LogP contribution in [0, 0.1) is 6.92 Å². The topological polar surface area (TPSA) is 48.4 Å². The number of nitrogens with one attached hydrogen (secondary N) is 1. The second-order valence-electron chi connectivity index (χ2n) is 7.55. The van der Waals surface area contributed by atoms with Crippen LogP contribution in [0.15, 0.2) is 54.6 Å². The van der Waals surface area contributed by atoms with Gasteiger partial charge in [0.25, 0.3) is 0 Å². The minimum Gasteiger partial charge on any atom is -0.508 e. The number of aryl methyl sites for hydroxylation is 1. The molecule has 2 N–H and O–H groups in total. The van der Waals surface area contributed by atoms with Crippen molar-refractivity contribution in [2.75, 3.05) is 18.4 Å². The fraction of sp³-hybridized carbons (Fsp3) is 0.240. The van der Waals surface area contributed by atoms with E-state index in [0.717, 1.165) is 57.4 Å². The van der Waals surface area contributed by atoms with E-state index in [1.165, 1.54) is 0 Å². The number of halogens is 2. The molecule has 4 aromatic rings. The number of pyridine rings is 1. The van der Waals surface area contributed by atoms with Gasteiger partial charge in [0.15, 0.2) is 0 Å². The Morgan fingerprint density at radius 3 is 2.52 bits per heavy atom. The number of aromatic nitrogens is 1. The molecule has 0 unspecified atom stereocenters. The van der Waals surface area contributed by atoms with E-state index in [0.29, 0.717) is 17.3 Å². The molecular weight excluding hydrogens is 429 g/mol. The van der Waals surface area contributed by atoms with Gasteiger partial charge in [-0.15, -0.1) is 12.4 Å². The third kappa shape index (κ3) is 4.72. The molecule has 0 aliphatic carbocycles. The molecule has 0 bridgehead atoms. The molecule has 162 valence electrons. The lowest BCUT2D eigenvalue weighted by Crippen LogP contribution is -2.22. The van der Waals surface area contributed by atoms with Gasteiger partial charge in [-0.05, 0) is 62.0 Å². The molecule has 0 radical (unpaired) electrons. The molecule has 4 rings (SSSR count). The maximum atomic E-state index is 10.4. The van der Waals surface area contributed by atoms with Crippen molar-refractivity contribution in [3.8, 4) is 5.75 Å². The van der Waals surface area contributed by atoms with Gasteiger partial charge >= 0.3 is 0 Å². The minimum atomic E-state index is 0. The van der Waals surface area contributed by atoms with Gasteiger partial charge in [0, 0.05) is 33.6 Å². The summed E-state index contributed by atoms with van der Waals surface area (Å²) >= 11 is 6.24. The van der Waals surface area contributed by atoms with Crippen molar-refractivity contribution in [2.45, 2.75) is 27.3 Å². The van der Waals surface area contributed by atoms with Crippen LogP contribution in [0.5, 0.6) is 5.75 Å². The number of rotatable bonds is 6. The molecule has 0 spiro atoms. The maximum absolute atomic E-state index is 10.4. The van der Waals surface area contributed by atoms with Crippen LogP contribution in [-0.4, -0.2) is 28.1 Å². The first-order valence-corrected chi connectivity index (χ1v) is 10.7. The number of hydrogen-bond acceptors (Lipinski definition) is 4. The van der Waals surface area contributed by atoms with Crippen LogP contribution in [0.4, 0.5) is 11.4 Å². The molecular formula is C25H27Cl2N3O. The van der Waals surface area contributed by atoms with Gasteiger partial charge in [0.05, 0.1) is 16.7 Å². The SMILES string of the molecule is CCN(CC)Cc1cc(Nc2c3ccc(Cl)cc3nc3c(C)cccc23)ccc1O.Cl. The molecule has 1 heterocycles. The van der Waals surface area contributed by atoms with Gasteiger partial charge in [0.2, 0.25) is 0 Å². The standard InChI is InChI=1S/C25H26ClN3O.ClH/c1-4-29(5-2)15-17-13-19(10-12-23(17)30)27-25-20-11-9-18(26)14-22(20)28-24-16(3)7-6-8-21(24)25;/h6-14,30H,4-5,15H2,1-3H3,(H,27,28);1H. The van der Waals surface area contributed by atoms with Crippen molar-refractivity contribution in [2.24, 2.45) is 0 Å². The normalized spacial score (nSPS) is 11.1. The Morgan fingerprint density at radius 1 is 1.00 bits per heavy atom. The van der Waals surface area contributed by atoms with Gasteiger partial charge in [-0.2, -0.15) is 0 Å². The van der Waals surface area contributed by atoms with E-state index < -0.39 is 0 Å². The zero-order chi connectivity index (χ0) is 21.3. The van der Waals surface area contributed by atoms with E-state index in [9.17, 15) is 5.11 Å². The first kappa shape index (κ1) is 23.1. The summed E-state index contributed by atoms with van der Waals surface area (Å²) < 4.78 is 0. The average Bonchev–Trinajstić information content (AvgIpc) is 2.74. The van der Waals surface area contributed by atoms with Crippen LogP contribution in [0.25, 0.3) is 21.8 Å². The number of phenolic OH excluding ortho intramolecular Hbond substituents is 1. The fourth-order valence-electron chi connectivity index (χ4n) is 3.84. The van der Waals surface area contributed by atoms with E-state index in [2.05, 4.69) is 49.2 Å². The molecule has 0 aliphatic rings. The Bertz CT molecular complexity index is 1220. The van der Waals surface area contributed by atoms with Crippen LogP contribution in [0.1, 0.15) is 25.0 Å². The highest BCUT2D eigenvalue weighted by Gasteiger charge is 2.13. The lowest BCUT2D eigenvalue weighted by atomic mass is 10.0. The number of hydrogen-bond donors (Lipinski definition) is 2. The molecule has 0 fully saturated rings. The number of para-hydroxylation sites is 1. The second kappa shape index (κ2) is 9.73. The van der Waals surface area contributed by atoms with Gasteiger partial charge in [-0.25, -0.2) is 4.98 Å². The lowest BCUT2D eigenvalue weighted by molar-refractivity contribution is 0.291. The fourth-order valence-corrected chi connectivity index (χ4v) is 4.01. The summed E-state index contributed by atoms with van der Waals surface area (Å²) in [6.07, 6.45) is 0. The van der Waals surface area contributed by atoms with Crippen LogP contribution in [-0.2, 0) is 6.54 Å². The highest BCUT2D eigenvalue weighted by Crippen LogP contribution is 2.36. The number of benzene rings is 3. The summed E-state index contributed by atoms with van der Waals surface area (Å²) in [6, 6.07) is 17.7. The van der Waals surface area contributed by atoms with Crippen molar-refractivity contribution >= 4 is 57.2 Å². The van der Waals surface area contributed by atoms with Crippen molar-refractivity contribution < 1.29 is 5.11 Å². The Morgan fingerprint density at radius 2 is 1.77 bits per heavy atom. The predicted molar refractivity (Wildman–Crippen MR) is 134 cm³/mol. The van der Waals surface area contributed by atoms with Crippen LogP contribution < -0.4 is 5.32 Å². The number of nitrogens with zero attached hydrogens (tertiary/aromatic N) is 2. The van der Waals surface area contributed by atoms with E-state index in [4.69, 9.17) is 16.6 Å². The summed E-state index contributed by atoms with van der Waals surface area (Å²) in [4.78, 5) is 7.14. The third-order valence-corrected chi connectivity index (χ3v) is 5.84. The molecule has 0 atom stereocenters. The predicted octanol–water partition coefficient (Wildman–Crippen LogP) is 7.06. The monoisotopic (exact) mass is 455 g/mol. The van der Waals surface area contributed by atoms with E-state index in [1.54, 1.807) is 6.07 Å². The van der Waals surface area contributed by atoms with Gasteiger partial charge in [-0.1, -0.05) is 43.6 Å². The summed E-state index contributed by atoms with van der Waals surface area (Å²) in [5, 5.41) is 16.7. The summed E-state index contributed by atoms with van der Waals surface area (Å²) in [6.45, 7) is 8.91. The molecule has 0 aliphatic heterocycles. The van der Waals surface area contributed by atoms with Crippen LogP contribution in [0.2, 0.25) is 5.02 Å². The molecule has 0 saturated heterocycles. The number of anilines is 2. The van der Waals surface area contributed by atoms with Crippen molar-refractivity contribution in [1.82, 2.24) is 9.88 Å². The first-order valence-electron chi connectivity index (χ1n) is 10.3. The molecule has 31 heavy (non-hydrogen) atoms. The third-order valence-electron chi connectivity index (χ3n) is 5.61. The number of fused-ring (bicyclic) bond motifs is 2. The Kier molecular flexibility index (Phi) is 7.26. The highest BCUT2D eigenvalue weighted by atomic mass is 35.5. The Labute approximate surface area is 194 Å². The molecule has 0 saturated carbocycles. The Hall–Kier alpha value is -2.53. The average molecular weight is 456 g/mol. The first-order chi connectivity index (χ1) is 14.5. The van der Waals surface area contributed by atoms with Gasteiger partial charge < -0.3 is 10.4 Å². The minimum absolute atomic E-state index is 0. The van der Waals surface area contributed by atoms with Gasteiger partial charge in [0.1, 0.15) is 5.75 Å². The zero-order valence-electron chi connectivity index (χ0n) is 17.9.